The maximum Gasteiger partial charge on any atom is 0.311 e. The summed E-state index contributed by atoms with van der Waals surface area (Å²) in [6, 6.07) is 25.1. The van der Waals surface area contributed by atoms with Crippen molar-refractivity contribution in [1.29, 1.82) is 0 Å². The number of pyridine rings is 1. The zero-order valence-corrected chi connectivity index (χ0v) is 17.7. The second kappa shape index (κ2) is 7.45. The van der Waals surface area contributed by atoms with Crippen molar-refractivity contribution in [1.82, 2.24) is 4.98 Å². The van der Waals surface area contributed by atoms with E-state index < -0.39 is 5.97 Å². The second-order valence-corrected chi connectivity index (χ2v) is 8.76. The number of aliphatic carboxylic acids is 1. The fourth-order valence-electron chi connectivity index (χ4n) is 5.20. The third kappa shape index (κ3) is 3.13. The van der Waals surface area contributed by atoms with Crippen molar-refractivity contribution in [3.8, 4) is 0 Å². The van der Waals surface area contributed by atoms with Gasteiger partial charge in [0.05, 0.1) is 11.4 Å². The van der Waals surface area contributed by atoms with Crippen LogP contribution in [0.3, 0.4) is 0 Å². The summed E-state index contributed by atoms with van der Waals surface area (Å²) in [5.74, 6) is -1.06. The molecule has 0 bridgehead atoms. The number of fused-ring (bicyclic) bond motifs is 8. The first-order chi connectivity index (χ1) is 15.7. The average Bonchev–Trinajstić information content (AvgIpc) is 3.64. The topological polar surface area (TPSA) is 50.2 Å². The molecular formula is C29H23NO2. The van der Waals surface area contributed by atoms with E-state index >= 15 is 0 Å². The maximum atomic E-state index is 11.6. The molecule has 0 saturated carbocycles. The summed E-state index contributed by atoms with van der Waals surface area (Å²) in [6.45, 7) is 0. The van der Waals surface area contributed by atoms with E-state index in [1.54, 1.807) is 0 Å². The minimum Gasteiger partial charge on any atom is -0.481 e. The third-order valence-corrected chi connectivity index (χ3v) is 6.86. The lowest BCUT2D eigenvalue weighted by Gasteiger charge is -2.24. The van der Waals surface area contributed by atoms with Crippen molar-refractivity contribution in [3.63, 3.8) is 0 Å². The Morgan fingerprint density at radius 2 is 1.59 bits per heavy atom. The summed E-state index contributed by atoms with van der Waals surface area (Å²) in [6.07, 6.45) is 5.83. The lowest BCUT2D eigenvalue weighted by molar-refractivity contribution is -0.139. The Morgan fingerprint density at radius 3 is 2.47 bits per heavy atom. The Hall–Kier alpha value is -3.72. The molecule has 0 fully saturated rings. The van der Waals surface area contributed by atoms with E-state index in [1.807, 2.05) is 24.4 Å². The van der Waals surface area contributed by atoms with Crippen LogP contribution in [0.4, 0.5) is 0 Å². The Labute approximate surface area is 186 Å². The minimum atomic E-state index is -0.698. The van der Waals surface area contributed by atoms with Crippen LogP contribution in [-0.2, 0) is 17.6 Å². The molecule has 2 aliphatic rings. The van der Waals surface area contributed by atoms with E-state index in [4.69, 9.17) is 0 Å². The number of carbonyl (C=O) groups is 1. The largest absolute Gasteiger partial charge is 0.481 e. The molecule has 1 unspecified atom stereocenters. The van der Waals surface area contributed by atoms with E-state index in [1.165, 1.54) is 38.2 Å². The molecule has 156 valence electrons. The molecule has 0 aliphatic heterocycles. The van der Waals surface area contributed by atoms with Gasteiger partial charge in [-0.15, -0.1) is 0 Å². The molecule has 1 aromatic heterocycles. The van der Waals surface area contributed by atoms with Gasteiger partial charge < -0.3 is 5.11 Å². The normalized spacial score (nSPS) is 16.2. The number of nitrogens with zero attached hydrogens (tertiary/aromatic N) is 1. The summed E-state index contributed by atoms with van der Waals surface area (Å²) in [7, 11) is 0. The van der Waals surface area contributed by atoms with Crippen LogP contribution < -0.4 is 0 Å². The maximum absolute atomic E-state index is 11.6. The molecule has 2 aliphatic carbocycles. The molecule has 0 radical (unpaired) electrons. The highest BCUT2D eigenvalue weighted by Gasteiger charge is 2.28. The van der Waals surface area contributed by atoms with Gasteiger partial charge in [-0.2, -0.15) is 0 Å². The standard InChI is InChI=1S/C19H16O2.C10H7N/c20-19(21)17-7-3-5-13-9-10-15-14-6-2-1-4-12(14)8-11-16(15)18(13)17;1-2-4-10-8(3-1)9-5-7(9)6-11-10/h1-2,4,6,8-11,17H,3,5,7H2,(H,20,21);1-4,6H,5H2. The van der Waals surface area contributed by atoms with Crippen LogP contribution in [0.15, 0.2) is 79.0 Å². The van der Waals surface area contributed by atoms with Crippen molar-refractivity contribution < 1.29 is 9.90 Å². The van der Waals surface area contributed by atoms with Crippen molar-refractivity contribution in [2.24, 2.45) is 0 Å². The fourth-order valence-corrected chi connectivity index (χ4v) is 5.20. The minimum absolute atomic E-state index is 0.362. The quantitative estimate of drug-likeness (QED) is 0.305. The van der Waals surface area contributed by atoms with Gasteiger partial charge in [0, 0.05) is 18.0 Å². The number of rotatable bonds is 1. The number of carboxylic acid groups (broad SMARTS) is 1. The Bertz CT molecular complexity index is 1520. The first-order valence-corrected chi connectivity index (χ1v) is 11.2. The van der Waals surface area contributed by atoms with Gasteiger partial charge in [-0.3, -0.25) is 9.78 Å². The van der Waals surface area contributed by atoms with Gasteiger partial charge in [0.1, 0.15) is 0 Å². The molecular weight excluding hydrogens is 394 g/mol. The van der Waals surface area contributed by atoms with E-state index in [9.17, 15) is 9.90 Å². The molecule has 1 heterocycles. The molecule has 0 saturated heterocycles. The van der Waals surface area contributed by atoms with Crippen LogP contribution in [-0.4, -0.2) is 16.1 Å². The molecule has 1 atom stereocenters. The van der Waals surface area contributed by atoms with E-state index in [-0.39, 0.29) is 5.92 Å². The molecule has 0 amide bonds. The monoisotopic (exact) mass is 417 g/mol. The summed E-state index contributed by atoms with van der Waals surface area (Å²) in [5, 5.41) is 15.6. The van der Waals surface area contributed by atoms with Crippen LogP contribution in [0.5, 0.6) is 0 Å². The van der Waals surface area contributed by atoms with Gasteiger partial charge in [-0.05, 0) is 69.1 Å². The van der Waals surface area contributed by atoms with E-state index in [2.05, 4.69) is 59.6 Å². The van der Waals surface area contributed by atoms with Crippen LogP contribution in [0.25, 0.3) is 32.4 Å². The van der Waals surface area contributed by atoms with Gasteiger partial charge in [0.2, 0.25) is 0 Å². The Balaban J connectivity index is 0.000000148. The van der Waals surface area contributed by atoms with Gasteiger partial charge in [-0.1, -0.05) is 66.7 Å². The first-order valence-electron chi connectivity index (χ1n) is 11.2. The number of aromatic nitrogens is 1. The molecule has 1 N–H and O–H groups in total. The Morgan fingerprint density at radius 1 is 0.812 bits per heavy atom. The van der Waals surface area contributed by atoms with Crippen LogP contribution in [0, 0.1) is 0 Å². The number of aryl methyl sites for hydroxylation is 1. The van der Waals surface area contributed by atoms with E-state index in [0.717, 1.165) is 42.1 Å². The summed E-state index contributed by atoms with van der Waals surface area (Å²) < 4.78 is 0. The SMILES string of the molecule is O=C(O)C1CCCc2ccc3c(ccc4ccccc43)c21.c1ccc2c3c(cnc2c1)C3. The lowest BCUT2D eigenvalue weighted by atomic mass is 9.79. The second-order valence-electron chi connectivity index (χ2n) is 8.76. The number of benzene rings is 4. The Kier molecular flexibility index (Phi) is 4.43. The molecule has 5 aromatic rings. The zero-order valence-electron chi connectivity index (χ0n) is 17.7. The molecule has 3 heteroatoms. The van der Waals surface area contributed by atoms with Gasteiger partial charge in [0.25, 0.3) is 0 Å². The first kappa shape index (κ1) is 19.0. The highest BCUT2D eigenvalue weighted by molar-refractivity contribution is 6.09. The van der Waals surface area contributed by atoms with Crippen LogP contribution in [0.2, 0.25) is 0 Å². The summed E-state index contributed by atoms with van der Waals surface area (Å²) in [4.78, 5) is 16.0. The third-order valence-electron chi connectivity index (χ3n) is 6.86. The fraction of sp³-hybridized carbons (Fsp3) is 0.172. The van der Waals surface area contributed by atoms with Crippen molar-refractivity contribution in [3.05, 3.63) is 101 Å². The highest BCUT2D eigenvalue weighted by atomic mass is 16.4. The van der Waals surface area contributed by atoms with Crippen molar-refractivity contribution in [2.45, 2.75) is 31.6 Å². The predicted octanol–water partition coefficient (Wildman–Crippen LogP) is 6.64. The highest BCUT2D eigenvalue weighted by Crippen LogP contribution is 2.39. The molecule has 32 heavy (non-hydrogen) atoms. The van der Waals surface area contributed by atoms with Crippen molar-refractivity contribution in [2.75, 3.05) is 0 Å². The zero-order chi connectivity index (χ0) is 21.7. The van der Waals surface area contributed by atoms with Gasteiger partial charge in [-0.25, -0.2) is 0 Å². The number of hydrogen-bond donors (Lipinski definition) is 1. The molecule has 3 nitrogen and oxygen atoms in total. The smallest absolute Gasteiger partial charge is 0.311 e. The van der Waals surface area contributed by atoms with E-state index in [0.29, 0.717) is 0 Å². The van der Waals surface area contributed by atoms with Gasteiger partial charge in [0.15, 0.2) is 0 Å². The average molecular weight is 418 g/mol. The van der Waals surface area contributed by atoms with Crippen LogP contribution >= 0.6 is 0 Å². The van der Waals surface area contributed by atoms with Crippen molar-refractivity contribution >= 4 is 38.4 Å². The molecule has 0 spiro atoms. The predicted molar refractivity (Wildman–Crippen MR) is 129 cm³/mol. The summed E-state index contributed by atoms with van der Waals surface area (Å²) >= 11 is 0. The number of hydrogen-bond acceptors (Lipinski definition) is 2. The molecule has 7 rings (SSSR count). The lowest BCUT2D eigenvalue weighted by Crippen LogP contribution is -2.18. The number of para-hydroxylation sites is 1. The summed E-state index contributed by atoms with van der Waals surface area (Å²) in [5.41, 5.74) is 6.29. The van der Waals surface area contributed by atoms with Gasteiger partial charge >= 0.3 is 5.97 Å². The van der Waals surface area contributed by atoms with Crippen LogP contribution in [0.1, 0.15) is 41.0 Å². The molecule has 4 aromatic carbocycles. The number of carboxylic acids is 1.